The van der Waals surface area contributed by atoms with Crippen LogP contribution in [-0.2, 0) is 0 Å². The molecule has 10 nitrogen and oxygen atoms in total. The largest absolute Gasteiger partial charge is 0.494 e. The lowest BCUT2D eigenvalue weighted by Crippen LogP contribution is -2.23. The molecule has 0 atom stereocenters. The fourth-order valence-corrected chi connectivity index (χ4v) is 3.09. The van der Waals surface area contributed by atoms with Gasteiger partial charge in [0.05, 0.1) is 24.6 Å². The minimum Gasteiger partial charge on any atom is -0.494 e. The molecule has 3 aromatic rings. The molecule has 0 saturated carbocycles. The lowest BCUT2D eigenvalue weighted by atomic mass is 10.1. The van der Waals surface area contributed by atoms with Crippen LogP contribution in [0.4, 0.5) is 0 Å². The summed E-state index contributed by atoms with van der Waals surface area (Å²) in [7, 11) is 0. The summed E-state index contributed by atoms with van der Waals surface area (Å²) in [4.78, 5) is 16.8. The van der Waals surface area contributed by atoms with Crippen LogP contribution < -0.4 is 32.4 Å². The van der Waals surface area contributed by atoms with Crippen molar-refractivity contribution in [1.29, 1.82) is 0 Å². The molecule has 1 aromatic heterocycles. The molecule has 0 unspecified atom stereocenters. The quantitative estimate of drug-likeness (QED) is 0.179. The van der Waals surface area contributed by atoms with Gasteiger partial charge >= 0.3 is 0 Å². The van der Waals surface area contributed by atoms with Gasteiger partial charge in [-0.3, -0.25) is 9.98 Å². The van der Waals surface area contributed by atoms with Crippen molar-refractivity contribution in [2.24, 2.45) is 32.9 Å². The van der Waals surface area contributed by atoms with Gasteiger partial charge < -0.3 is 32.4 Å². The van der Waals surface area contributed by atoms with Crippen LogP contribution in [0.1, 0.15) is 12.8 Å². The predicted octanol–water partition coefficient (Wildman–Crippen LogP) is 1.90. The van der Waals surface area contributed by atoms with Crippen LogP contribution in [-0.4, -0.2) is 48.2 Å². The van der Waals surface area contributed by atoms with Gasteiger partial charge in [-0.1, -0.05) is 24.3 Å². The van der Waals surface area contributed by atoms with Gasteiger partial charge in [0, 0.05) is 37.1 Å². The Hall–Kier alpha value is -4.34. The topological polar surface area (TPSA) is 173 Å². The number of guanidine groups is 2. The monoisotopic (exact) mass is 462 g/mol. The molecule has 0 bridgehead atoms. The maximum absolute atomic E-state index is 5.82. The Morgan fingerprint density at radius 2 is 1.15 bits per heavy atom. The van der Waals surface area contributed by atoms with Gasteiger partial charge in [0.1, 0.15) is 17.8 Å². The zero-order valence-corrected chi connectivity index (χ0v) is 18.9. The van der Waals surface area contributed by atoms with Gasteiger partial charge in [-0.2, -0.15) is 0 Å². The van der Waals surface area contributed by atoms with Gasteiger partial charge in [-0.15, -0.1) is 0 Å². The Morgan fingerprint density at radius 1 is 0.676 bits per heavy atom. The van der Waals surface area contributed by atoms with Gasteiger partial charge in [-0.05, 0) is 30.3 Å². The molecular weight excluding hydrogens is 432 g/mol. The van der Waals surface area contributed by atoms with Crippen LogP contribution in [0.2, 0.25) is 0 Å². The van der Waals surface area contributed by atoms with Gasteiger partial charge in [0.25, 0.3) is 0 Å². The van der Waals surface area contributed by atoms with Gasteiger partial charge in [0.15, 0.2) is 11.9 Å². The van der Waals surface area contributed by atoms with Crippen LogP contribution >= 0.6 is 0 Å². The smallest absolute Gasteiger partial charge is 0.185 e. The maximum atomic E-state index is 5.82. The third-order valence-electron chi connectivity index (χ3n) is 4.66. The first-order valence-corrected chi connectivity index (χ1v) is 10.9. The number of nitrogens with two attached hydrogens (primary N) is 4. The number of aliphatic imine (C=N–C) groups is 2. The summed E-state index contributed by atoms with van der Waals surface area (Å²) in [6, 6.07) is 17.5. The van der Waals surface area contributed by atoms with Crippen LogP contribution in [0.5, 0.6) is 11.5 Å². The lowest BCUT2D eigenvalue weighted by Gasteiger charge is -2.09. The van der Waals surface area contributed by atoms with Crippen molar-refractivity contribution < 1.29 is 9.47 Å². The highest BCUT2D eigenvalue weighted by Gasteiger charge is 2.07. The molecule has 0 aliphatic heterocycles. The summed E-state index contributed by atoms with van der Waals surface area (Å²) in [5.74, 6) is 1.67. The molecule has 8 N–H and O–H groups in total. The van der Waals surface area contributed by atoms with Crippen molar-refractivity contribution in [3.05, 3.63) is 60.9 Å². The van der Waals surface area contributed by atoms with Crippen molar-refractivity contribution in [3.63, 3.8) is 0 Å². The molecule has 0 saturated heterocycles. The van der Waals surface area contributed by atoms with Crippen LogP contribution in [0.25, 0.3) is 22.5 Å². The van der Waals surface area contributed by atoms with E-state index in [9.17, 15) is 0 Å². The first kappa shape index (κ1) is 24.3. The summed E-state index contributed by atoms with van der Waals surface area (Å²) in [6.45, 7) is 2.06. The molecule has 3 rings (SSSR count). The summed E-state index contributed by atoms with van der Waals surface area (Å²) in [5.41, 5.74) is 24.8. The third-order valence-corrected chi connectivity index (χ3v) is 4.66. The molecular formula is C24H30N8O2. The fraction of sp³-hybridized carbons (Fsp3) is 0.250. The molecule has 0 amide bonds. The molecule has 1 heterocycles. The van der Waals surface area contributed by atoms with Crippen molar-refractivity contribution in [3.8, 4) is 34.0 Å². The number of ether oxygens (including phenoxy) is 2. The lowest BCUT2D eigenvalue weighted by molar-refractivity contribution is 0.313. The van der Waals surface area contributed by atoms with E-state index in [-0.39, 0.29) is 11.9 Å². The van der Waals surface area contributed by atoms with E-state index in [2.05, 4.69) is 20.0 Å². The third kappa shape index (κ3) is 7.97. The maximum Gasteiger partial charge on any atom is 0.185 e. The van der Waals surface area contributed by atoms with Gasteiger partial charge in [-0.25, -0.2) is 9.97 Å². The second kappa shape index (κ2) is 12.6. The number of hydrogen-bond acceptors (Lipinski definition) is 6. The standard InChI is InChI=1S/C24H30N8O2/c25-23(26)29-9-3-11-33-19-7-1-5-17(13-19)21-15-22(32-16-31-21)18-6-2-8-20(14-18)34-12-4-10-30-24(27)28/h1-2,5-8,13-16H,3-4,9-12H2,(H4,25,26,29)(H4,27,28,30). The van der Waals surface area contributed by atoms with E-state index in [1.54, 1.807) is 6.33 Å². The minimum atomic E-state index is 0.0847. The molecule has 178 valence electrons. The molecule has 0 radical (unpaired) electrons. The highest BCUT2D eigenvalue weighted by molar-refractivity contribution is 5.76. The molecule has 0 spiro atoms. The molecule has 34 heavy (non-hydrogen) atoms. The minimum absolute atomic E-state index is 0.0847. The number of rotatable bonds is 12. The molecule has 0 aliphatic rings. The Balaban J connectivity index is 1.65. The SMILES string of the molecule is NC(N)=NCCCOc1cccc(-c2cc(-c3cccc(OCCCN=C(N)N)c3)ncn2)c1. The van der Waals surface area contributed by atoms with Crippen molar-refractivity contribution in [2.75, 3.05) is 26.3 Å². The summed E-state index contributed by atoms with van der Waals surface area (Å²) in [5, 5.41) is 0. The Bertz CT molecular complexity index is 1040. The predicted molar refractivity (Wildman–Crippen MR) is 134 cm³/mol. The second-order valence-corrected chi connectivity index (χ2v) is 7.36. The van der Waals surface area contributed by atoms with Crippen molar-refractivity contribution >= 4 is 11.9 Å². The second-order valence-electron chi connectivity index (χ2n) is 7.36. The first-order valence-electron chi connectivity index (χ1n) is 10.9. The molecule has 10 heteroatoms. The number of nitrogens with zero attached hydrogens (tertiary/aromatic N) is 4. The number of aromatic nitrogens is 2. The number of hydrogen-bond donors (Lipinski definition) is 4. The zero-order valence-electron chi connectivity index (χ0n) is 18.9. The molecule has 0 fully saturated rings. The van der Waals surface area contributed by atoms with Crippen LogP contribution in [0, 0.1) is 0 Å². The Labute approximate surface area is 198 Å². The van der Waals surface area contributed by atoms with E-state index >= 15 is 0 Å². The summed E-state index contributed by atoms with van der Waals surface area (Å²) < 4.78 is 11.6. The first-order chi connectivity index (χ1) is 16.5. The normalized spacial score (nSPS) is 10.4. The summed E-state index contributed by atoms with van der Waals surface area (Å²) in [6.07, 6.45) is 2.98. The summed E-state index contributed by atoms with van der Waals surface area (Å²) >= 11 is 0. The highest BCUT2D eigenvalue weighted by atomic mass is 16.5. The van der Waals surface area contributed by atoms with E-state index in [1.165, 1.54) is 0 Å². The Kier molecular flexibility index (Phi) is 9.03. The van der Waals surface area contributed by atoms with E-state index in [0.29, 0.717) is 39.1 Å². The average molecular weight is 463 g/mol. The van der Waals surface area contributed by atoms with Crippen molar-refractivity contribution in [1.82, 2.24) is 9.97 Å². The Morgan fingerprint density at radius 3 is 1.59 bits per heavy atom. The molecule has 0 aliphatic carbocycles. The van der Waals surface area contributed by atoms with E-state index < -0.39 is 0 Å². The van der Waals surface area contributed by atoms with E-state index in [1.807, 2.05) is 54.6 Å². The van der Waals surface area contributed by atoms with E-state index in [0.717, 1.165) is 34.0 Å². The van der Waals surface area contributed by atoms with Crippen molar-refractivity contribution in [2.45, 2.75) is 12.8 Å². The van der Waals surface area contributed by atoms with Crippen LogP contribution in [0.15, 0.2) is 70.9 Å². The fourth-order valence-electron chi connectivity index (χ4n) is 3.09. The van der Waals surface area contributed by atoms with Gasteiger partial charge in [0.2, 0.25) is 0 Å². The number of benzene rings is 2. The zero-order chi connectivity index (χ0) is 24.2. The van der Waals surface area contributed by atoms with Crippen LogP contribution in [0.3, 0.4) is 0 Å². The highest BCUT2D eigenvalue weighted by Crippen LogP contribution is 2.27. The van der Waals surface area contributed by atoms with E-state index in [4.69, 9.17) is 32.4 Å². The molecule has 2 aromatic carbocycles. The average Bonchev–Trinajstić information content (AvgIpc) is 2.84.